The number of nitrogens with zero attached hydrogens (tertiary/aromatic N) is 3. The highest BCUT2D eigenvalue weighted by molar-refractivity contribution is 5.88. The van der Waals surface area contributed by atoms with Gasteiger partial charge in [0, 0.05) is 18.8 Å². The maximum Gasteiger partial charge on any atom is 0.343 e. The van der Waals surface area contributed by atoms with Crippen molar-refractivity contribution in [1.82, 2.24) is 25.1 Å². The first-order valence-corrected chi connectivity index (χ1v) is 6.23. The molecule has 8 heteroatoms. The highest BCUT2D eigenvalue weighted by Crippen LogP contribution is 2.02. The first kappa shape index (κ1) is 13.8. The average Bonchev–Trinajstić information content (AvgIpc) is 2.80. The summed E-state index contributed by atoms with van der Waals surface area (Å²) in [6, 6.07) is 5.08. The molecule has 2 heterocycles. The number of anilines is 1. The quantitative estimate of drug-likeness (QED) is 0.691. The van der Waals surface area contributed by atoms with E-state index in [1.165, 1.54) is 10.9 Å². The topological polar surface area (TPSA) is 105 Å². The highest BCUT2D eigenvalue weighted by Gasteiger charge is 2.02. The van der Waals surface area contributed by atoms with Crippen molar-refractivity contribution in [3.8, 4) is 0 Å². The molecule has 0 radical (unpaired) electrons. The largest absolute Gasteiger partial charge is 0.343 e. The molecule has 0 saturated heterocycles. The number of aromatic amines is 1. The smallest absolute Gasteiger partial charge is 0.338 e. The number of amides is 2. The number of urea groups is 1. The molecule has 0 aliphatic heterocycles. The Balaban J connectivity index is 1.70. The van der Waals surface area contributed by atoms with Gasteiger partial charge < -0.3 is 5.32 Å². The van der Waals surface area contributed by atoms with Gasteiger partial charge in [0.15, 0.2) is 0 Å². The predicted octanol–water partition coefficient (Wildman–Crippen LogP) is 0.487. The van der Waals surface area contributed by atoms with Crippen LogP contribution < -0.4 is 16.3 Å². The third-order valence-corrected chi connectivity index (χ3v) is 2.61. The number of carbonyl (C=O) groups excluding carboxylic acids is 1. The summed E-state index contributed by atoms with van der Waals surface area (Å²) in [5.74, 6) is 0.508. The number of nitrogens with one attached hydrogen (secondary N) is 3. The molecule has 3 N–H and O–H groups in total. The van der Waals surface area contributed by atoms with E-state index < -0.39 is 0 Å². The minimum absolute atomic E-state index is 0.251. The second-order valence-corrected chi connectivity index (χ2v) is 4.25. The van der Waals surface area contributed by atoms with Gasteiger partial charge in [-0.15, -0.1) is 0 Å². The zero-order valence-electron chi connectivity index (χ0n) is 11.1. The summed E-state index contributed by atoms with van der Waals surface area (Å²) in [5.41, 5.74) is 0.584. The lowest BCUT2D eigenvalue weighted by Gasteiger charge is -2.07. The zero-order valence-corrected chi connectivity index (χ0v) is 11.1. The third-order valence-electron chi connectivity index (χ3n) is 2.61. The van der Waals surface area contributed by atoms with Crippen molar-refractivity contribution in [1.29, 1.82) is 0 Å². The summed E-state index contributed by atoms with van der Waals surface area (Å²) in [6.45, 7) is 2.80. The highest BCUT2D eigenvalue weighted by atomic mass is 16.2. The lowest BCUT2D eigenvalue weighted by atomic mass is 10.4. The van der Waals surface area contributed by atoms with Gasteiger partial charge in [0.05, 0.1) is 0 Å². The fourth-order valence-electron chi connectivity index (χ4n) is 1.65. The molecule has 2 aromatic rings. The van der Waals surface area contributed by atoms with Crippen LogP contribution in [0.4, 0.5) is 10.6 Å². The normalized spacial score (nSPS) is 10.2. The summed E-state index contributed by atoms with van der Waals surface area (Å²) in [4.78, 5) is 26.9. The second-order valence-electron chi connectivity index (χ2n) is 4.25. The van der Waals surface area contributed by atoms with Gasteiger partial charge in [-0.2, -0.15) is 5.10 Å². The maximum atomic E-state index is 11.6. The summed E-state index contributed by atoms with van der Waals surface area (Å²) < 4.78 is 1.45. The van der Waals surface area contributed by atoms with E-state index in [0.29, 0.717) is 25.3 Å². The van der Waals surface area contributed by atoms with Crippen molar-refractivity contribution in [3.05, 3.63) is 40.7 Å². The molecule has 106 valence electrons. The van der Waals surface area contributed by atoms with Gasteiger partial charge in [-0.05, 0) is 25.5 Å². The molecular formula is C12H16N6O2. The van der Waals surface area contributed by atoms with Crippen molar-refractivity contribution < 1.29 is 4.79 Å². The minimum atomic E-state index is -0.317. The molecule has 0 saturated carbocycles. The molecule has 2 aromatic heterocycles. The van der Waals surface area contributed by atoms with Gasteiger partial charge >= 0.3 is 11.7 Å². The molecule has 0 aliphatic carbocycles. The summed E-state index contributed by atoms with van der Waals surface area (Å²) >= 11 is 0. The molecule has 0 atom stereocenters. The van der Waals surface area contributed by atoms with E-state index >= 15 is 0 Å². The summed E-state index contributed by atoms with van der Waals surface area (Å²) in [6.07, 6.45) is 2.06. The van der Waals surface area contributed by atoms with Crippen molar-refractivity contribution >= 4 is 11.8 Å². The van der Waals surface area contributed by atoms with Gasteiger partial charge in [-0.1, -0.05) is 6.07 Å². The Kier molecular flexibility index (Phi) is 4.48. The van der Waals surface area contributed by atoms with Crippen LogP contribution in [0.1, 0.15) is 12.1 Å². The summed E-state index contributed by atoms with van der Waals surface area (Å²) in [5, 5.41) is 11.3. The molecule has 0 fully saturated rings. The lowest BCUT2D eigenvalue weighted by molar-refractivity contribution is 0.251. The fourth-order valence-corrected chi connectivity index (χ4v) is 1.65. The molecule has 8 nitrogen and oxygen atoms in total. The van der Waals surface area contributed by atoms with Crippen LogP contribution in [0.2, 0.25) is 0 Å². The maximum absolute atomic E-state index is 11.6. The molecule has 0 spiro atoms. The van der Waals surface area contributed by atoms with Gasteiger partial charge in [0.1, 0.15) is 12.1 Å². The van der Waals surface area contributed by atoms with Crippen LogP contribution in [0.25, 0.3) is 0 Å². The van der Waals surface area contributed by atoms with Gasteiger partial charge in [-0.3, -0.25) is 9.88 Å². The number of aromatic nitrogens is 4. The van der Waals surface area contributed by atoms with Crippen LogP contribution in [0, 0.1) is 6.92 Å². The Morgan fingerprint density at radius 1 is 1.45 bits per heavy atom. The van der Waals surface area contributed by atoms with Gasteiger partial charge in [0.2, 0.25) is 0 Å². The SMILES string of the molecule is Cc1cccc(NC(=O)NCCCn2cn[nH]c2=O)n1. The number of aryl methyl sites for hydroxylation is 2. The van der Waals surface area contributed by atoms with Crippen molar-refractivity contribution in [2.24, 2.45) is 0 Å². The fraction of sp³-hybridized carbons (Fsp3) is 0.333. The van der Waals surface area contributed by atoms with Crippen LogP contribution in [-0.2, 0) is 6.54 Å². The number of H-pyrrole nitrogens is 1. The molecular weight excluding hydrogens is 260 g/mol. The molecule has 2 amide bonds. The van der Waals surface area contributed by atoms with E-state index in [4.69, 9.17) is 0 Å². The minimum Gasteiger partial charge on any atom is -0.338 e. The standard InChI is InChI=1S/C12H16N6O2/c1-9-4-2-5-10(15-9)16-11(19)13-6-3-7-18-8-14-17-12(18)20/h2,4-5,8H,3,6-7H2,1H3,(H,17,20)(H2,13,15,16,19). The molecule has 2 rings (SSSR count). The summed E-state index contributed by atoms with van der Waals surface area (Å²) in [7, 11) is 0. The first-order chi connectivity index (χ1) is 9.65. The van der Waals surface area contributed by atoms with Crippen LogP contribution >= 0.6 is 0 Å². The Labute approximate surface area is 115 Å². The van der Waals surface area contributed by atoms with Crippen molar-refractivity contribution in [2.75, 3.05) is 11.9 Å². The van der Waals surface area contributed by atoms with E-state index in [2.05, 4.69) is 25.8 Å². The Bertz CT molecular complexity index is 633. The van der Waals surface area contributed by atoms with Crippen LogP contribution in [0.5, 0.6) is 0 Å². The van der Waals surface area contributed by atoms with Gasteiger partial charge in [-0.25, -0.2) is 19.7 Å². The number of carbonyl (C=O) groups is 1. The molecule has 0 unspecified atom stereocenters. The van der Waals surface area contributed by atoms with E-state index in [0.717, 1.165) is 5.69 Å². The number of pyridine rings is 1. The zero-order chi connectivity index (χ0) is 14.4. The van der Waals surface area contributed by atoms with Crippen LogP contribution in [0.15, 0.2) is 29.3 Å². The monoisotopic (exact) mass is 276 g/mol. The van der Waals surface area contributed by atoms with E-state index in [1.807, 2.05) is 19.1 Å². The number of hydrogen-bond acceptors (Lipinski definition) is 4. The van der Waals surface area contributed by atoms with Gasteiger partial charge in [0.25, 0.3) is 0 Å². The average molecular weight is 276 g/mol. The number of rotatable bonds is 5. The Hall–Kier alpha value is -2.64. The lowest BCUT2D eigenvalue weighted by Crippen LogP contribution is -2.31. The Morgan fingerprint density at radius 3 is 3.00 bits per heavy atom. The first-order valence-electron chi connectivity index (χ1n) is 6.23. The third kappa shape index (κ3) is 3.94. The van der Waals surface area contributed by atoms with Crippen LogP contribution in [0.3, 0.4) is 0 Å². The predicted molar refractivity (Wildman–Crippen MR) is 73.5 cm³/mol. The second kappa shape index (κ2) is 6.50. The van der Waals surface area contributed by atoms with Crippen molar-refractivity contribution in [3.63, 3.8) is 0 Å². The van der Waals surface area contributed by atoms with E-state index in [-0.39, 0.29) is 11.7 Å². The number of hydrogen-bond donors (Lipinski definition) is 3. The van der Waals surface area contributed by atoms with Crippen LogP contribution in [-0.4, -0.2) is 32.3 Å². The Morgan fingerprint density at radius 2 is 2.30 bits per heavy atom. The molecule has 0 aliphatic rings. The van der Waals surface area contributed by atoms with Crippen molar-refractivity contribution in [2.45, 2.75) is 19.9 Å². The molecule has 0 bridgehead atoms. The molecule has 20 heavy (non-hydrogen) atoms. The van der Waals surface area contributed by atoms with E-state index in [1.54, 1.807) is 6.07 Å². The molecule has 0 aromatic carbocycles. The van der Waals surface area contributed by atoms with E-state index in [9.17, 15) is 9.59 Å².